The molecule has 0 saturated heterocycles. The predicted molar refractivity (Wildman–Crippen MR) is 408 cm³/mol. The summed E-state index contributed by atoms with van der Waals surface area (Å²) in [5.41, 5.74) is 0. The highest BCUT2D eigenvalue weighted by Gasteiger charge is 2.27. The lowest BCUT2D eigenvalue weighted by Gasteiger charge is -2.24. The number of hydrogen-bond donors (Lipinski definition) is 1. The first-order chi connectivity index (χ1) is 46.0. The monoisotopic (exact) mass is 1320 g/mol. The van der Waals surface area contributed by atoms with Crippen LogP contribution in [0.25, 0.3) is 0 Å². The minimum absolute atomic E-state index is 0.0214. The molecule has 0 radical (unpaired) electrons. The molecule has 0 fully saturated rings. The van der Waals surface area contributed by atoms with Crippen LogP contribution in [-0.2, 0) is 32.7 Å². The average Bonchev–Trinajstić information content (AvgIpc) is 1.56. The quantitative estimate of drug-likeness (QED) is 0.0211. The van der Waals surface area contributed by atoms with Gasteiger partial charge in [-0.25, -0.2) is 4.57 Å². The van der Waals surface area contributed by atoms with E-state index >= 15 is 0 Å². The van der Waals surface area contributed by atoms with Gasteiger partial charge in [0.2, 0.25) is 0 Å². The van der Waals surface area contributed by atoms with Crippen molar-refractivity contribution in [3.63, 3.8) is 0 Å². The van der Waals surface area contributed by atoms with Crippen LogP contribution in [0.15, 0.2) is 170 Å². The van der Waals surface area contributed by atoms with Crippen LogP contribution in [-0.4, -0.2) is 74.9 Å². The molecule has 1 N–H and O–H groups in total. The lowest BCUT2D eigenvalue weighted by molar-refractivity contribution is -0.870. The third kappa shape index (κ3) is 76.4. The Morgan fingerprint density at radius 1 is 0.330 bits per heavy atom. The summed E-state index contributed by atoms with van der Waals surface area (Å²) in [6.45, 7) is 4.20. The van der Waals surface area contributed by atoms with Crippen molar-refractivity contribution in [1.82, 2.24) is 0 Å². The maximum absolute atomic E-state index is 12.9. The number of likely N-dealkylation sites (N-methyl/N-ethyl adjacent to an activating group) is 1. The number of carbonyl (C=O) groups excluding carboxylic acids is 2. The van der Waals surface area contributed by atoms with Crippen molar-refractivity contribution in [2.75, 3.05) is 47.5 Å². The number of unbranched alkanes of at least 4 members (excludes halogenated alkanes) is 26. The van der Waals surface area contributed by atoms with Crippen molar-refractivity contribution < 1.29 is 42.1 Å². The highest BCUT2D eigenvalue weighted by atomic mass is 31.2. The number of rotatable bonds is 68. The van der Waals surface area contributed by atoms with E-state index in [1.807, 2.05) is 21.1 Å². The van der Waals surface area contributed by atoms with Crippen molar-refractivity contribution in [1.29, 1.82) is 0 Å². The fourth-order valence-corrected chi connectivity index (χ4v) is 10.8. The van der Waals surface area contributed by atoms with E-state index in [1.54, 1.807) is 0 Å². The zero-order valence-electron chi connectivity index (χ0n) is 60.9. The van der Waals surface area contributed by atoms with E-state index in [0.29, 0.717) is 17.4 Å². The molecule has 0 aromatic heterocycles. The number of allylic oxidation sites excluding steroid dienone is 28. The lowest BCUT2D eigenvalue weighted by atomic mass is 10.0. The van der Waals surface area contributed by atoms with E-state index in [0.717, 1.165) is 148 Å². The van der Waals surface area contributed by atoms with E-state index in [1.165, 1.54) is 116 Å². The second kappa shape index (κ2) is 72.6. The van der Waals surface area contributed by atoms with Gasteiger partial charge < -0.3 is 18.9 Å². The molecule has 0 spiro atoms. The van der Waals surface area contributed by atoms with Gasteiger partial charge in [-0.15, -0.1) is 0 Å². The maximum Gasteiger partial charge on any atom is 0.472 e. The van der Waals surface area contributed by atoms with Crippen molar-refractivity contribution in [2.24, 2.45) is 0 Å². The molecule has 0 amide bonds. The Hall–Kier alpha value is -4.63. The third-order valence-electron chi connectivity index (χ3n) is 15.7. The van der Waals surface area contributed by atoms with Gasteiger partial charge in [-0.05, 0) is 128 Å². The summed E-state index contributed by atoms with van der Waals surface area (Å²) in [7, 11) is 1.45. The summed E-state index contributed by atoms with van der Waals surface area (Å²) in [4.78, 5) is 35.9. The Labute approximate surface area is 578 Å². The Morgan fingerprint density at radius 3 is 0.851 bits per heavy atom. The zero-order chi connectivity index (χ0) is 68.3. The lowest BCUT2D eigenvalue weighted by Crippen LogP contribution is -2.37. The van der Waals surface area contributed by atoms with Crippen molar-refractivity contribution in [3.8, 4) is 0 Å². The van der Waals surface area contributed by atoms with Gasteiger partial charge in [-0.3, -0.25) is 18.6 Å². The molecule has 534 valence electrons. The third-order valence-corrected chi connectivity index (χ3v) is 16.7. The van der Waals surface area contributed by atoms with Crippen molar-refractivity contribution in [3.05, 3.63) is 170 Å². The normalized spacial score (nSPS) is 14.1. The second-order valence-electron chi connectivity index (χ2n) is 25.9. The van der Waals surface area contributed by atoms with E-state index in [2.05, 4.69) is 184 Å². The molecule has 2 atom stereocenters. The number of phosphoric ester groups is 1. The molecule has 0 saturated carbocycles. The largest absolute Gasteiger partial charge is 0.472 e. The van der Waals surface area contributed by atoms with E-state index in [9.17, 15) is 19.0 Å². The van der Waals surface area contributed by atoms with Crippen LogP contribution in [0, 0.1) is 0 Å². The predicted octanol–water partition coefficient (Wildman–Crippen LogP) is 25.3. The average molecular weight is 1320 g/mol. The van der Waals surface area contributed by atoms with Crippen LogP contribution in [0.1, 0.15) is 296 Å². The first kappa shape index (κ1) is 89.4. The standard InChI is InChI=1S/C84H140NO8P/c1-6-8-10-12-14-16-18-20-22-24-26-28-30-32-34-36-38-40-41-42-43-45-47-49-51-53-55-57-59-61-63-65-67-69-71-73-75-77-84(87)93-82(81-92-94(88,89)91-79-78-85(3,4)5)80-90-83(86)76-74-72-70-68-66-64-62-60-58-56-54-52-50-48-46-44-39-37-35-33-31-29-27-25-23-21-19-17-15-13-11-9-7-2/h8-11,14-17,20-23,26-29,32,34,38,40,42-43,47,49,53,55,59,61,82H,6-7,12-13,18-19,24-25,30-31,33,35-37,39,41,44-46,48,50-52,54,56-58,60,62-81H2,1-5H3/p+1/b10-8-,11-9-,16-14-,17-15-,22-20-,23-21-,28-26-,29-27-,34-32-,40-38-,43-42-,49-47-,55-53-,61-59-. The molecule has 94 heavy (non-hydrogen) atoms. The van der Waals surface area contributed by atoms with Crippen molar-refractivity contribution in [2.45, 2.75) is 302 Å². The number of phosphoric acid groups is 1. The Morgan fingerprint density at radius 2 is 0.574 bits per heavy atom. The molecule has 0 bridgehead atoms. The topological polar surface area (TPSA) is 108 Å². The number of quaternary nitrogens is 1. The minimum Gasteiger partial charge on any atom is -0.462 e. The number of carbonyl (C=O) groups is 2. The van der Waals surface area contributed by atoms with E-state index in [4.69, 9.17) is 18.5 Å². The SMILES string of the molecule is CC/C=C\C/C=C\C/C=C\C/C=C\C/C=C\C/C=C\C/C=C\C/C=C\C/C=C\C/C=C\CCCCCCCCC(=O)OC(COC(=O)CCCCCCCCCCCCCCCCCCCCCC/C=C\C/C=C\C/C=C\C/C=C\CC)COP(=O)(O)OCC[N+](C)(C)C. The summed E-state index contributed by atoms with van der Waals surface area (Å²) in [5.74, 6) is -0.816. The molecule has 0 aromatic carbocycles. The summed E-state index contributed by atoms with van der Waals surface area (Å²) >= 11 is 0. The molecule has 10 heteroatoms. The van der Waals surface area contributed by atoms with Crippen LogP contribution in [0.4, 0.5) is 0 Å². The number of nitrogens with zero attached hydrogens (tertiary/aromatic N) is 1. The number of hydrogen-bond acceptors (Lipinski definition) is 7. The van der Waals surface area contributed by atoms with Crippen LogP contribution in [0.2, 0.25) is 0 Å². The fourth-order valence-electron chi connectivity index (χ4n) is 10.0. The molecule has 0 aliphatic rings. The number of esters is 2. The van der Waals surface area contributed by atoms with E-state index in [-0.39, 0.29) is 32.0 Å². The van der Waals surface area contributed by atoms with Crippen LogP contribution < -0.4 is 0 Å². The summed E-state index contributed by atoms with van der Waals surface area (Å²) in [6, 6.07) is 0. The van der Waals surface area contributed by atoms with Gasteiger partial charge in [-0.2, -0.15) is 0 Å². The van der Waals surface area contributed by atoms with Gasteiger partial charge in [0.1, 0.15) is 19.8 Å². The van der Waals surface area contributed by atoms with Gasteiger partial charge in [0, 0.05) is 12.8 Å². The molecular weight excluding hydrogens is 1180 g/mol. The molecule has 0 aliphatic carbocycles. The molecule has 0 aromatic rings. The highest BCUT2D eigenvalue weighted by Crippen LogP contribution is 2.43. The molecule has 0 rings (SSSR count). The van der Waals surface area contributed by atoms with E-state index < -0.39 is 26.5 Å². The zero-order valence-corrected chi connectivity index (χ0v) is 61.8. The molecular formula is C84H141NO8P+. The van der Waals surface area contributed by atoms with Gasteiger partial charge in [0.25, 0.3) is 0 Å². The van der Waals surface area contributed by atoms with Crippen LogP contribution in [0.5, 0.6) is 0 Å². The highest BCUT2D eigenvalue weighted by molar-refractivity contribution is 7.47. The Kier molecular flexibility index (Phi) is 69.1. The minimum atomic E-state index is -4.41. The fraction of sp³-hybridized carbons (Fsp3) is 0.643. The smallest absolute Gasteiger partial charge is 0.462 e. The first-order valence-corrected chi connectivity index (χ1v) is 39.4. The summed E-state index contributed by atoms with van der Waals surface area (Å²) in [6.07, 6.45) is 110. The number of ether oxygens (including phenoxy) is 2. The summed E-state index contributed by atoms with van der Waals surface area (Å²) in [5, 5.41) is 0. The van der Waals surface area contributed by atoms with Gasteiger partial charge in [0.15, 0.2) is 6.10 Å². The van der Waals surface area contributed by atoms with Gasteiger partial charge in [0.05, 0.1) is 27.7 Å². The van der Waals surface area contributed by atoms with Crippen LogP contribution >= 0.6 is 7.82 Å². The van der Waals surface area contributed by atoms with Gasteiger partial charge >= 0.3 is 19.8 Å². The maximum atomic E-state index is 12.9. The summed E-state index contributed by atoms with van der Waals surface area (Å²) < 4.78 is 34.8. The molecule has 9 nitrogen and oxygen atoms in total. The second-order valence-corrected chi connectivity index (χ2v) is 27.4. The van der Waals surface area contributed by atoms with Crippen LogP contribution in [0.3, 0.4) is 0 Å². The first-order valence-electron chi connectivity index (χ1n) is 37.9. The molecule has 2 unspecified atom stereocenters. The molecule has 0 aliphatic heterocycles. The Balaban J connectivity index is 4.09. The van der Waals surface area contributed by atoms with Crippen molar-refractivity contribution >= 4 is 19.8 Å². The Bertz CT molecular complexity index is 2200. The molecule has 0 heterocycles. The van der Waals surface area contributed by atoms with Gasteiger partial charge in [-0.1, -0.05) is 325 Å².